The number of carbonyl (C=O) groups is 1. The molecule has 0 aliphatic carbocycles. The molecule has 0 spiro atoms. The standard InChI is InChI=1S/C13H14BrNO2S2/c1-4-17-13(16)11-9(15)7(3)10(19-11)8-5-6(2)12(14)18-8/h5H,4,15H2,1-3H3. The zero-order valence-electron chi connectivity index (χ0n) is 10.9. The number of halogens is 1. The number of rotatable bonds is 3. The monoisotopic (exact) mass is 359 g/mol. The molecule has 0 saturated carbocycles. The van der Waals surface area contributed by atoms with Gasteiger partial charge in [0.25, 0.3) is 0 Å². The van der Waals surface area contributed by atoms with Crippen molar-refractivity contribution in [2.24, 2.45) is 0 Å². The van der Waals surface area contributed by atoms with E-state index in [1.165, 1.54) is 16.9 Å². The fraction of sp³-hybridized carbons (Fsp3) is 0.308. The van der Waals surface area contributed by atoms with Gasteiger partial charge in [-0.2, -0.15) is 0 Å². The van der Waals surface area contributed by atoms with Crippen LogP contribution in [0.15, 0.2) is 9.85 Å². The van der Waals surface area contributed by atoms with Crippen molar-refractivity contribution in [2.45, 2.75) is 20.8 Å². The first-order valence-electron chi connectivity index (χ1n) is 5.78. The van der Waals surface area contributed by atoms with Crippen molar-refractivity contribution in [1.82, 2.24) is 0 Å². The third-order valence-corrected chi connectivity index (χ3v) is 6.34. The summed E-state index contributed by atoms with van der Waals surface area (Å²) in [6.07, 6.45) is 0. The Labute approximate surface area is 128 Å². The van der Waals surface area contributed by atoms with Crippen LogP contribution >= 0.6 is 38.6 Å². The largest absolute Gasteiger partial charge is 0.462 e. The normalized spacial score (nSPS) is 10.7. The summed E-state index contributed by atoms with van der Waals surface area (Å²) in [5, 5.41) is 0. The first-order chi connectivity index (χ1) is 8.95. The third kappa shape index (κ3) is 2.70. The van der Waals surface area contributed by atoms with Crippen LogP contribution in [0.5, 0.6) is 0 Å². The Morgan fingerprint density at radius 3 is 2.63 bits per heavy atom. The lowest BCUT2D eigenvalue weighted by Gasteiger charge is -1.99. The molecule has 2 N–H and O–H groups in total. The van der Waals surface area contributed by atoms with Crippen LogP contribution in [-0.4, -0.2) is 12.6 Å². The van der Waals surface area contributed by atoms with Crippen LogP contribution in [0.4, 0.5) is 5.69 Å². The van der Waals surface area contributed by atoms with Crippen molar-refractivity contribution in [3.8, 4) is 9.75 Å². The number of hydrogen-bond donors (Lipinski definition) is 1. The van der Waals surface area contributed by atoms with E-state index < -0.39 is 0 Å². The summed E-state index contributed by atoms with van der Waals surface area (Å²) < 4.78 is 6.13. The fourth-order valence-corrected chi connectivity index (χ4v) is 4.50. The number of carbonyl (C=O) groups excluding carboxylic acids is 1. The highest BCUT2D eigenvalue weighted by atomic mass is 79.9. The summed E-state index contributed by atoms with van der Waals surface area (Å²) in [7, 11) is 0. The maximum Gasteiger partial charge on any atom is 0.350 e. The van der Waals surface area contributed by atoms with Crippen LogP contribution in [0.25, 0.3) is 9.75 Å². The van der Waals surface area contributed by atoms with Crippen molar-refractivity contribution in [1.29, 1.82) is 0 Å². The van der Waals surface area contributed by atoms with Crippen molar-refractivity contribution >= 4 is 50.3 Å². The summed E-state index contributed by atoms with van der Waals surface area (Å²) in [4.78, 5) is 14.5. The van der Waals surface area contributed by atoms with Gasteiger partial charge in [-0.15, -0.1) is 22.7 Å². The van der Waals surface area contributed by atoms with E-state index in [0.717, 1.165) is 19.1 Å². The Kier molecular flexibility index (Phi) is 4.32. The van der Waals surface area contributed by atoms with Crippen LogP contribution in [0, 0.1) is 13.8 Å². The van der Waals surface area contributed by atoms with Gasteiger partial charge in [0.15, 0.2) is 0 Å². The molecule has 0 saturated heterocycles. The van der Waals surface area contributed by atoms with Crippen LogP contribution in [-0.2, 0) is 4.74 Å². The molecule has 19 heavy (non-hydrogen) atoms. The Balaban J connectivity index is 2.48. The predicted molar refractivity (Wildman–Crippen MR) is 85.2 cm³/mol. The van der Waals surface area contributed by atoms with E-state index in [1.54, 1.807) is 18.3 Å². The molecule has 0 aromatic carbocycles. The van der Waals surface area contributed by atoms with Gasteiger partial charge in [0.05, 0.1) is 21.0 Å². The van der Waals surface area contributed by atoms with Crippen molar-refractivity contribution in [3.05, 3.63) is 25.9 Å². The van der Waals surface area contributed by atoms with Gasteiger partial charge < -0.3 is 10.5 Å². The van der Waals surface area contributed by atoms with Gasteiger partial charge in [0.2, 0.25) is 0 Å². The molecule has 6 heteroatoms. The second-order valence-corrected chi connectivity index (χ2v) is 7.48. The molecule has 2 aromatic rings. The number of aryl methyl sites for hydroxylation is 1. The molecule has 102 valence electrons. The highest BCUT2D eigenvalue weighted by Crippen LogP contribution is 2.43. The number of nitrogens with two attached hydrogens (primary N) is 1. The quantitative estimate of drug-likeness (QED) is 0.813. The lowest BCUT2D eigenvalue weighted by molar-refractivity contribution is 0.0533. The molecule has 0 bridgehead atoms. The summed E-state index contributed by atoms with van der Waals surface area (Å²) in [5.41, 5.74) is 8.68. The summed E-state index contributed by atoms with van der Waals surface area (Å²) >= 11 is 6.56. The molecule has 0 unspecified atom stereocenters. The minimum absolute atomic E-state index is 0.341. The lowest BCUT2D eigenvalue weighted by Crippen LogP contribution is -2.05. The molecule has 0 atom stereocenters. The summed E-state index contributed by atoms with van der Waals surface area (Å²) in [5.74, 6) is -0.341. The molecular formula is C13H14BrNO2S2. The van der Waals surface area contributed by atoms with Crippen molar-refractivity contribution < 1.29 is 9.53 Å². The highest BCUT2D eigenvalue weighted by molar-refractivity contribution is 9.11. The van der Waals surface area contributed by atoms with Gasteiger partial charge in [0.1, 0.15) is 4.88 Å². The topological polar surface area (TPSA) is 52.3 Å². The summed E-state index contributed by atoms with van der Waals surface area (Å²) in [6.45, 7) is 6.12. The number of hydrogen-bond acceptors (Lipinski definition) is 5. The van der Waals surface area contributed by atoms with E-state index in [0.29, 0.717) is 17.2 Å². The molecule has 0 aliphatic rings. The average molecular weight is 360 g/mol. The summed E-state index contributed by atoms with van der Waals surface area (Å²) in [6, 6.07) is 2.10. The molecule has 2 rings (SSSR count). The molecule has 0 fully saturated rings. The second kappa shape index (κ2) is 5.64. The highest BCUT2D eigenvalue weighted by Gasteiger charge is 2.21. The van der Waals surface area contributed by atoms with E-state index in [-0.39, 0.29) is 5.97 Å². The lowest BCUT2D eigenvalue weighted by atomic mass is 10.2. The van der Waals surface area contributed by atoms with Crippen molar-refractivity contribution in [3.63, 3.8) is 0 Å². The molecule has 2 aromatic heterocycles. The van der Waals surface area contributed by atoms with Crippen LogP contribution in [0.1, 0.15) is 27.7 Å². The van der Waals surface area contributed by atoms with Gasteiger partial charge in [-0.05, 0) is 53.9 Å². The molecule has 0 radical (unpaired) electrons. The van der Waals surface area contributed by atoms with Gasteiger partial charge in [0, 0.05) is 4.88 Å². The smallest absolute Gasteiger partial charge is 0.350 e. The van der Waals surface area contributed by atoms with Gasteiger partial charge in [-0.1, -0.05) is 0 Å². The van der Waals surface area contributed by atoms with E-state index in [4.69, 9.17) is 10.5 Å². The Morgan fingerprint density at radius 1 is 1.42 bits per heavy atom. The molecule has 0 aliphatic heterocycles. The first-order valence-corrected chi connectivity index (χ1v) is 8.20. The second-order valence-electron chi connectivity index (χ2n) is 4.09. The predicted octanol–water partition coefficient (Wildman–Crippen LogP) is 4.61. The Morgan fingerprint density at radius 2 is 2.11 bits per heavy atom. The minimum atomic E-state index is -0.341. The zero-order chi connectivity index (χ0) is 14.2. The Hall–Kier alpha value is -0.850. The number of esters is 1. The Bertz CT molecular complexity index is 611. The van der Waals surface area contributed by atoms with E-state index in [9.17, 15) is 4.79 Å². The first kappa shape index (κ1) is 14.6. The maximum absolute atomic E-state index is 11.8. The molecule has 0 amide bonds. The van der Waals surface area contributed by atoms with E-state index >= 15 is 0 Å². The van der Waals surface area contributed by atoms with Crippen molar-refractivity contribution in [2.75, 3.05) is 12.3 Å². The van der Waals surface area contributed by atoms with Crippen LogP contribution in [0.3, 0.4) is 0 Å². The number of ether oxygens (including phenoxy) is 1. The van der Waals surface area contributed by atoms with E-state index in [2.05, 4.69) is 22.0 Å². The molecule has 3 nitrogen and oxygen atoms in total. The minimum Gasteiger partial charge on any atom is -0.462 e. The van der Waals surface area contributed by atoms with Crippen LogP contribution < -0.4 is 5.73 Å². The molecular weight excluding hydrogens is 346 g/mol. The number of thiophene rings is 2. The van der Waals surface area contributed by atoms with Gasteiger partial charge in [-0.3, -0.25) is 0 Å². The number of anilines is 1. The molecule has 2 heterocycles. The number of nitrogen functional groups attached to an aromatic ring is 1. The SMILES string of the molecule is CCOC(=O)c1sc(-c2cc(C)c(Br)s2)c(C)c1N. The fourth-order valence-electron chi connectivity index (χ4n) is 1.68. The third-order valence-electron chi connectivity index (χ3n) is 2.74. The van der Waals surface area contributed by atoms with Crippen LogP contribution in [0.2, 0.25) is 0 Å². The zero-order valence-corrected chi connectivity index (χ0v) is 14.1. The van der Waals surface area contributed by atoms with Gasteiger partial charge >= 0.3 is 5.97 Å². The average Bonchev–Trinajstić information content (AvgIpc) is 2.83. The maximum atomic E-state index is 11.8. The van der Waals surface area contributed by atoms with E-state index in [1.807, 2.05) is 13.8 Å². The van der Waals surface area contributed by atoms with Gasteiger partial charge in [-0.25, -0.2) is 4.79 Å².